The zero-order chi connectivity index (χ0) is 22.6. The number of rotatable bonds is 7. The lowest BCUT2D eigenvalue weighted by atomic mass is 10.2. The lowest BCUT2D eigenvalue weighted by Gasteiger charge is -2.16. The van der Waals surface area contributed by atoms with Crippen molar-refractivity contribution in [3.8, 4) is 11.6 Å². The van der Waals surface area contributed by atoms with Gasteiger partial charge < -0.3 is 9.47 Å². The molecule has 0 aliphatic heterocycles. The lowest BCUT2D eigenvalue weighted by molar-refractivity contribution is -0.274. The van der Waals surface area contributed by atoms with Crippen LogP contribution in [0, 0.1) is 6.92 Å². The molecule has 31 heavy (non-hydrogen) atoms. The second kappa shape index (κ2) is 8.98. The third-order valence-electron chi connectivity index (χ3n) is 3.91. The van der Waals surface area contributed by atoms with E-state index in [-0.39, 0.29) is 33.7 Å². The molecule has 2 heterocycles. The lowest BCUT2D eigenvalue weighted by Crippen LogP contribution is -2.19. The van der Waals surface area contributed by atoms with E-state index in [1.807, 2.05) is 0 Å². The summed E-state index contributed by atoms with van der Waals surface area (Å²) in [5, 5.41) is 0.211. The number of nitrogens with zero attached hydrogens (tertiary/aromatic N) is 2. The highest BCUT2D eigenvalue weighted by atomic mass is 35.5. The molecule has 0 amide bonds. The molecule has 0 saturated carbocycles. The van der Waals surface area contributed by atoms with E-state index in [0.717, 1.165) is 12.3 Å². The van der Waals surface area contributed by atoms with Crippen LogP contribution >= 0.6 is 11.6 Å². The summed E-state index contributed by atoms with van der Waals surface area (Å²) in [4.78, 5) is 7.54. The number of hydrogen-bond donors (Lipinski definition) is 1. The van der Waals surface area contributed by atoms with Crippen LogP contribution < -0.4 is 14.2 Å². The minimum atomic E-state index is -4.99. The quantitative estimate of drug-likeness (QED) is 0.534. The van der Waals surface area contributed by atoms with Crippen molar-refractivity contribution in [2.75, 3.05) is 4.72 Å². The predicted octanol–water partition coefficient (Wildman–Crippen LogP) is 4.72. The molecule has 0 fully saturated rings. The van der Waals surface area contributed by atoms with Gasteiger partial charge in [0.2, 0.25) is 5.88 Å². The topological polar surface area (TPSA) is 90.4 Å². The van der Waals surface area contributed by atoms with E-state index in [1.165, 1.54) is 31.3 Å². The number of benzene rings is 1. The average molecular weight is 474 g/mol. The van der Waals surface area contributed by atoms with Crippen molar-refractivity contribution in [1.82, 2.24) is 9.97 Å². The highest BCUT2D eigenvalue weighted by Gasteiger charge is 2.32. The summed E-state index contributed by atoms with van der Waals surface area (Å²) in [6.45, 7) is 1.45. The fourth-order valence-corrected chi connectivity index (χ4v) is 4.07. The van der Waals surface area contributed by atoms with Crippen molar-refractivity contribution in [3.63, 3.8) is 0 Å². The molecule has 12 heteroatoms. The molecule has 0 aliphatic carbocycles. The van der Waals surface area contributed by atoms with E-state index in [4.69, 9.17) is 16.3 Å². The Morgan fingerprint density at radius 3 is 2.61 bits per heavy atom. The van der Waals surface area contributed by atoms with Crippen LogP contribution in [0.15, 0.2) is 59.9 Å². The highest BCUT2D eigenvalue weighted by Crippen LogP contribution is 2.33. The fraction of sp³-hybridized carbons (Fsp3) is 0.158. The van der Waals surface area contributed by atoms with Gasteiger partial charge in [-0.1, -0.05) is 23.7 Å². The van der Waals surface area contributed by atoms with Gasteiger partial charge in [0.15, 0.2) is 0 Å². The third-order valence-corrected chi connectivity index (χ3v) is 5.83. The van der Waals surface area contributed by atoms with Crippen LogP contribution in [0.25, 0.3) is 0 Å². The Kier molecular flexibility index (Phi) is 6.56. The molecule has 0 saturated heterocycles. The smallest absolute Gasteiger partial charge is 0.471 e. The van der Waals surface area contributed by atoms with Gasteiger partial charge >= 0.3 is 6.36 Å². The molecule has 7 nitrogen and oxygen atoms in total. The predicted molar refractivity (Wildman–Crippen MR) is 106 cm³/mol. The molecule has 164 valence electrons. The van der Waals surface area contributed by atoms with Crippen LogP contribution in [-0.2, 0) is 16.6 Å². The standard InChI is InChI=1S/C19H15ClF3N3O4S/c1-12-15(20)5-2-6-17(12)31(27,28)26-16-8-14(30-19(21,22)23)10-25-18(16)29-11-13-4-3-7-24-9-13/h2-10,26H,11H2,1H3. The maximum atomic E-state index is 12.9. The second-order valence-electron chi connectivity index (χ2n) is 6.19. The first-order valence-electron chi connectivity index (χ1n) is 8.60. The van der Waals surface area contributed by atoms with E-state index < -0.39 is 22.1 Å². The summed E-state index contributed by atoms with van der Waals surface area (Å²) >= 11 is 5.99. The Bertz CT molecular complexity index is 1180. The third kappa shape index (κ3) is 5.98. The fourth-order valence-electron chi connectivity index (χ4n) is 2.52. The minimum Gasteiger partial charge on any atom is -0.471 e. The van der Waals surface area contributed by atoms with Crippen molar-refractivity contribution in [3.05, 3.63) is 71.1 Å². The number of anilines is 1. The van der Waals surface area contributed by atoms with Crippen LogP contribution in [0.1, 0.15) is 11.1 Å². The SMILES string of the molecule is Cc1c(Cl)cccc1S(=O)(=O)Nc1cc(OC(F)(F)F)cnc1OCc1cccnc1. The Hall–Kier alpha value is -3.05. The number of hydrogen-bond acceptors (Lipinski definition) is 6. The number of pyridine rings is 2. The molecule has 0 radical (unpaired) electrons. The van der Waals surface area contributed by atoms with Gasteiger partial charge in [-0.3, -0.25) is 9.71 Å². The molecule has 1 N–H and O–H groups in total. The van der Waals surface area contributed by atoms with Crippen molar-refractivity contribution < 1.29 is 31.1 Å². The zero-order valence-corrected chi connectivity index (χ0v) is 17.4. The monoisotopic (exact) mass is 473 g/mol. The zero-order valence-electron chi connectivity index (χ0n) is 15.9. The Labute approximate surface area is 180 Å². The molecule has 3 rings (SSSR count). The van der Waals surface area contributed by atoms with Gasteiger partial charge in [0.05, 0.1) is 11.1 Å². The van der Waals surface area contributed by atoms with E-state index >= 15 is 0 Å². The Balaban J connectivity index is 1.96. The molecule has 0 atom stereocenters. The summed E-state index contributed by atoms with van der Waals surface area (Å²) in [6.07, 6.45) is -1.15. The van der Waals surface area contributed by atoms with Gasteiger partial charge in [-0.15, -0.1) is 13.2 Å². The van der Waals surface area contributed by atoms with Crippen molar-refractivity contribution in [2.45, 2.75) is 24.8 Å². The number of halogens is 4. The molecule has 0 bridgehead atoms. The number of nitrogens with one attached hydrogen (secondary N) is 1. The maximum absolute atomic E-state index is 12.9. The van der Waals surface area contributed by atoms with E-state index in [0.29, 0.717) is 5.56 Å². The summed E-state index contributed by atoms with van der Waals surface area (Å²) < 4.78 is 75.1. The van der Waals surface area contributed by atoms with Gasteiger partial charge in [-0.05, 0) is 30.7 Å². The molecule has 0 spiro atoms. The highest BCUT2D eigenvalue weighted by molar-refractivity contribution is 7.92. The van der Waals surface area contributed by atoms with E-state index in [2.05, 4.69) is 19.4 Å². The van der Waals surface area contributed by atoms with Gasteiger partial charge in [0.1, 0.15) is 18.0 Å². The largest absolute Gasteiger partial charge is 0.573 e. The van der Waals surface area contributed by atoms with Crippen LogP contribution in [0.2, 0.25) is 5.02 Å². The summed E-state index contributed by atoms with van der Waals surface area (Å²) in [7, 11) is -4.24. The Morgan fingerprint density at radius 1 is 1.16 bits per heavy atom. The van der Waals surface area contributed by atoms with Crippen LogP contribution in [-0.4, -0.2) is 24.7 Å². The number of ether oxygens (including phenoxy) is 2. The molecule has 0 aliphatic rings. The molecule has 1 aromatic carbocycles. The first kappa shape index (κ1) is 22.6. The maximum Gasteiger partial charge on any atom is 0.573 e. The number of sulfonamides is 1. The molecular formula is C19H15ClF3N3O4S. The molecular weight excluding hydrogens is 459 g/mol. The van der Waals surface area contributed by atoms with Crippen LogP contribution in [0.3, 0.4) is 0 Å². The van der Waals surface area contributed by atoms with E-state index in [1.54, 1.807) is 18.3 Å². The van der Waals surface area contributed by atoms with Crippen molar-refractivity contribution >= 4 is 27.3 Å². The molecule has 0 unspecified atom stereocenters. The normalized spacial score (nSPS) is 11.8. The average Bonchev–Trinajstić information content (AvgIpc) is 2.68. The van der Waals surface area contributed by atoms with E-state index in [9.17, 15) is 21.6 Å². The van der Waals surface area contributed by atoms with Crippen LogP contribution in [0.5, 0.6) is 11.6 Å². The van der Waals surface area contributed by atoms with Gasteiger partial charge in [0.25, 0.3) is 10.0 Å². The summed E-state index contributed by atoms with van der Waals surface area (Å²) in [5.74, 6) is -0.969. The summed E-state index contributed by atoms with van der Waals surface area (Å²) in [6, 6.07) is 8.45. The van der Waals surface area contributed by atoms with Crippen LogP contribution in [0.4, 0.5) is 18.9 Å². The second-order valence-corrected chi connectivity index (χ2v) is 8.25. The molecule has 3 aromatic rings. The number of aromatic nitrogens is 2. The van der Waals surface area contributed by atoms with Gasteiger partial charge in [0, 0.05) is 29.0 Å². The van der Waals surface area contributed by atoms with Crippen molar-refractivity contribution in [2.24, 2.45) is 0 Å². The minimum absolute atomic E-state index is 0.0504. The Morgan fingerprint density at radius 2 is 1.94 bits per heavy atom. The summed E-state index contributed by atoms with van der Waals surface area (Å²) in [5.41, 5.74) is 0.564. The van der Waals surface area contributed by atoms with Gasteiger partial charge in [-0.2, -0.15) is 0 Å². The van der Waals surface area contributed by atoms with Gasteiger partial charge in [-0.25, -0.2) is 13.4 Å². The number of alkyl halides is 3. The van der Waals surface area contributed by atoms with Crippen molar-refractivity contribution in [1.29, 1.82) is 0 Å². The first-order valence-corrected chi connectivity index (χ1v) is 10.5. The molecule has 2 aromatic heterocycles. The first-order chi connectivity index (χ1) is 14.5.